The van der Waals surface area contributed by atoms with Crippen molar-refractivity contribution in [1.82, 2.24) is 30.0 Å². The standard InChI is InChI=1S/C34H20N6/c1-3-7-29-21(5-1)11-17-31-33(29)37-39(35-31)25-13-15-27-23(19-25)9-10-24-20-26(14-16-28(24)27)40-36-32-18-12-22-6-2-4-8-30(22)34(32)38-40/h1-20H. The minimum Gasteiger partial charge on any atom is -0.150 e. The zero-order chi connectivity index (χ0) is 26.2. The van der Waals surface area contributed by atoms with Crippen LogP contribution in [0.2, 0.25) is 0 Å². The Labute approximate surface area is 227 Å². The van der Waals surface area contributed by atoms with Crippen LogP contribution in [0.1, 0.15) is 0 Å². The molecule has 7 aromatic carbocycles. The highest BCUT2D eigenvalue weighted by atomic mass is 15.5. The summed E-state index contributed by atoms with van der Waals surface area (Å²) in [7, 11) is 0. The number of rotatable bonds is 2. The second-order valence-electron chi connectivity index (χ2n) is 10.2. The highest BCUT2D eigenvalue weighted by Crippen LogP contribution is 2.30. The smallest absolute Gasteiger partial charge is 0.121 e. The first kappa shape index (κ1) is 21.3. The minimum atomic E-state index is 0.887. The summed E-state index contributed by atoms with van der Waals surface area (Å²) in [5, 5.41) is 28.4. The number of nitrogens with zero attached hydrogens (tertiary/aromatic N) is 6. The summed E-state index contributed by atoms with van der Waals surface area (Å²) in [4.78, 5) is 3.48. The summed E-state index contributed by atoms with van der Waals surface area (Å²) in [6.45, 7) is 0. The van der Waals surface area contributed by atoms with E-state index in [9.17, 15) is 0 Å². The first-order valence-electron chi connectivity index (χ1n) is 13.3. The lowest BCUT2D eigenvalue weighted by Gasteiger charge is -2.08. The number of benzene rings is 7. The van der Waals surface area contributed by atoms with Gasteiger partial charge in [0.1, 0.15) is 22.1 Å². The van der Waals surface area contributed by atoms with Crippen molar-refractivity contribution in [3.05, 3.63) is 121 Å². The fraction of sp³-hybridized carbons (Fsp3) is 0. The Hall–Kier alpha value is -5.62. The maximum absolute atomic E-state index is 4.85. The Morgan fingerprint density at radius 2 is 0.800 bits per heavy atom. The molecule has 6 heteroatoms. The molecule has 0 saturated carbocycles. The van der Waals surface area contributed by atoms with Crippen molar-refractivity contribution in [3.63, 3.8) is 0 Å². The first-order chi connectivity index (χ1) is 19.8. The fourth-order valence-electron chi connectivity index (χ4n) is 5.82. The van der Waals surface area contributed by atoms with Crippen LogP contribution in [0.25, 0.3) is 76.5 Å². The SMILES string of the molecule is c1ccc2c(c1)ccc1nn(-c3ccc4c(ccc5cc(-n6nc7ccc8ccccc8c7n6)ccc54)c3)nc12. The van der Waals surface area contributed by atoms with Crippen LogP contribution in [-0.4, -0.2) is 30.0 Å². The van der Waals surface area contributed by atoms with E-state index in [1.165, 1.54) is 10.8 Å². The van der Waals surface area contributed by atoms with Crippen molar-refractivity contribution in [1.29, 1.82) is 0 Å². The van der Waals surface area contributed by atoms with Gasteiger partial charge in [-0.25, -0.2) is 0 Å². The Kier molecular flexibility index (Phi) is 4.24. The lowest BCUT2D eigenvalue weighted by molar-refractivity contribution is 0.767. The van der Waals surface area contributed by atoms with Gasteiger partial charge in [0.15, 0.2) is 0 Å². The molecule has 0 N–H and O–H groups in total. The maximum atomic E-state index is 4.85. The average Bonchev–Trinajstić information content (AvgIpc) is 3.66. The minimum absolute atomic E-state index is 0.887. The van der Waals surface area contributed by atoms with Gasteiger partial charge in [0.25, 0.3) is 0 Å². The molecule has 0 aliphatic heterocycles. The van der Waals surface area contributed by atoms with Crippen LogP contribution in [-0.2, 0) is 0 Å². The Balaban J connectivity index is 1.14. The van der Waals surface area contributed by atoms with Crippen LogP contribution in [0, 0.1) is 0 Å². The first-order valence-corrected chi connectivity index (χ1v) is 13.3. The molecule has 0 fully saturated rings. The normalized spacial score (nSPS) is 12.0. The maximum Gasteiger partial charge on any atom is 0.121 e. The largest absolute Gasteiger partial charge is 0.150 e. The zero-order valence-corrected chi connectivity index (χ0v) is 21.2. The molecule has 2 heterocycles. The van der Waals surface area contributed by atoms with Crippen molar-refractivity contribution in [2.24, 2.45) is 0 Å². The van der Waals surface area contributed by atoms with Crippen LogP contribution in [0.3, 0.4) is 0 Å². The highest BCUT2D eigenvalue weighted by Gasteiger charge is 2.12. The van der Waals surface area contributed by atoms with Gasteiger partial charge < -0.3 is 0 Å². The van der Waals surface area contributed by atoms with Crippen LogP contribution in [0.15, 0.2) is 121 Å². The van der Waals surface area contributed by atoms with Gasteiger partial charge in [0, 0.05) is 10.8 Å². The van der Waals surface area contributed by atoms with Gasteiger partial charge in [0.2, 0.25) is 0 Å². The van der Waals surface area contributed by atoms with E-state index in [1.54, 1.807) is 9.59 Å². The Morgan fingerprint density at radius 3 is 1.30 bits per heavy atom. The predicted molar refractivity (Wildman–Crippen MR) is 161 cm³/mol. The number of hydrogen-bond donors (Lipinski definition) is 0. The number of aromatic nitrogens is 6. The Bertz CT molecular complexity index is 2280. The summed E-state index contributed by atoms with van der Waals surface area (Å²) in [5.74, 6) is 0. The van der Waals surface area contributed by atoms with Crippen LogP contribution in [0.4, 0.5) is 0 Å². The van der Waals surface area contributed by atoms with Gasteiger partial charge in [0.05, 0.1) is 11.4 Å². The van der Waals surface area contributed by atoms with E-state index in [4.69, 9.17) is 20.4 Å². The van der Waals surface area contributed by atoms with Crippen molar-refractivity contribution in [2.45, 2.75) is 0 Å². The molecule has 9 rings (SSSR count). The van der Waals surface area contributed by atoms with Gasteiger partial charge in [-0.05, 0) is 68.7 Å². The molecule has 0 aliphatic rings. The molecule has 40 heavy (non-hydrogen) atoms. The molecule has 9 aromatic rings. The van der Waals surface area contributed by atoms with Crippen molar-refractivity contribution in [2.75, 3.05) is 0 Å². The number of hydrogen-bond acceptors (Lipinski definition) is 4. The molecule has 2 aromatic heterocycles. The monoisotopic (exact) mass is 512 g/mol. The molecule has 0 amide bonds. The van der Waals surface area contributed by atoms with E-state index in [2.05, 4.69) is 84.9 Å². The molecule has 186 valence electrons. The third-order valence-corrected chi connectivity index (χ3v) is 7.82. The summed E-state index contributed by atoms with van der Waals surface area (Å²) >= 11 is 0. The van der Waals surface area contributed by atoms with E-state index >= 15 is 0 Å². The average molecular weight is 513 g/mol. The van der Waals surface area contributed by atoms with E-state index in [1.807, 2.05) is 36.4 Å². The summed E-state index contributed by atoms with van der Waals surface area (Å²) in [6.07, 6.45) is 0. The molecular weight excluding hydrogens is 492 g/mol. The molecule has 6 nitrogen and oxygen atoms in total. The zero-order valence-electron chi connectivity index (χ0n) is 21.2. The van der Waals surface area contributed by atoms with Crippen LogP contribution >= 0.6 is 0 Å². The van der Waals surface area contributed by atoms with Gasteiger partial charge in [-0.15, -0.1) is 20.4 Å². The second kappa shape index (κ2) is 7.94. The molecule has 0 spiro atoms. The second-order valence-corrected chi connectivity index (χ2v) is 10.2. The molecule has 0 saturated heterocycles. The van der Waals surface area contributed by atoms with Gasteiger partial charge in [-0.1, -0.05) is 84.9 Å². The van der Waals surface area contributed by atoms with Crippen LogP contribution in [0.5, 0.6) is 0 Å². The molecule has 0 unspecified atom stereocenters. The molecule has 0 radical (unpaired) electrons. The molecular formula is C34H20N6. The van der Waals surface area contributed by atoms with Crippen molar-refractivity contribution >= 4 is 65.2 Å². The highest BCUT2D eigenvalue weighted by molar-refractivity contribution is 6.09. The van der Waals surface area contributed by atoms with Crippen molar-refractivity contribution < 1.29 is 0 Å². The van der Waals surface area contributed by atoms with Gasteiger partial charge >= 0.3 is 0 Å². The summed E-state index contributed by atoms with van der Waals surface area (Å²) < 4.78 is 0. The quantitative estimate of drug-likeness (QED) is 0.222. The lowest BCUT2D eigenvalue weighted by atomic mass is 10.0. The van der Waals surface area contributed by atoms with E-state index < -0.39 is 0 Å². The van der Waals surface area contributed by atoms with E-state index in [0.717, 1.165) is 65.8 Å². The van der Waals surface area contributed by atoms with Gasteiger partial charge in [-0.2, -0.15) is 9.59 Å². The third kappa shape index (κ3) is 3.10. The molecule has 0 bridgehead atoms. The topological polar surface area (TPSA) is 61.4 Å². The predicted octanol–water partition coefficient (Wildman–Crippen LogP) is 7.77. The summed E-state index contributed by atoms with van der Waals surface area (Å²) in [5.41, 5.74) is 5.47. The van der Waals surface area contributed by atoms with Gasteiger partial charge in [-0.3, -0.25) is 0 Å². The van der Waals surface area contributed by atoms with E-state index in [0.29, 0.717) is 0 Å². The fourth-order valence-corrected chi connectivity index (χ4v) is 5.82. The number of fused-ring (bicyclic) bond motifs is 9. The van der Waals surface area contributed by atoms with E-state index in [-0.39, 0.29) is 0 Å². The third-order valence-electron chi connectivity index (χ3n) is 7.82. The van der Waals surface area contributed by atoms with Crippen LogP contribution < -0.4 is 0 Å². The lowest BCUT2D eigenvalue weighted by Crippen LogP contribution is -1.99. The Morgan fingerprint density at radius 1 is 0.350 bits per heavy atom. The molecule has 0 aliphatic carbocycles. The molecule has 0 atom stereocenters. The summed E-state index contributed by atoms with van der Waals surface area (Å²) in [6, 6.07) is 42.0. The van der Waals surface area contributed by atoms with Crippen molar-refractivity contribution in [3.8, 4) is 11.4 Å².